The molecule has 0 amide bonds. The highest BCUT2D eigenvalue weighted by atomic mass is 32.2. The van der Waals surface area contributed by atoms with E-state index in [4.69, 9.17) is 13.0 Å². The van der Waals surface area contributed by atoms with Crippen molar-refractivity contribution in [2.24, 2.45) is 0 Å². The van der Waals surface area contributed by atoms with Gasteiger partial charge >= 0.3 is 15.6 Å². The molecule has 1 aromatic heterocycles. The first kappa shape index (κ1) is 25.1. The molecule has 9 heteroatoms. The molecule has 1 heterocycles. The molecule has 0 saturated heterocycles. The van der Waals surface area contributed by atoms with Crippen LogP contribution < -0.4 is 0 Å². The van der Waals surface area contributed by atoms with Crippen molar-refractivity contribution in [1.82, 2.24) is 0 Å². The van der Waals surface area contributed by atoms with E-state index in [2.05, 4.69) is 6.92 Å². The number of alkyl halides is 3. The van der Waals surface area contributed by atoms with Gasteiger partial charge in [-0.15, -0.1) is 11.3 Å². The fourth-order valence-corrected chi connectivity index (χ4v) is 2.89. The quantitative estimate of drug-likeness (QED) is 0.362. The zero-order valence-corrected chi connectivity index (χ0v) is 16.6. The van der Waals surface area contributed by atoms with E-state index in [1.165, 1.54) is 49.8 Å². The maximum absolute atomic E-state index is 11.4. The maximum atomic E-state index is 11.4. The van der Waals surface area contributed by atoms with Gasteiger partial charge in [0.25, 0.3) is 0 Å². The number of rotatable bonds is 6. The van der Waals surface area contributed by atoms with Crippen LogP contribution in [-0.4, -0.2) is 24.3 Å². The molecule has 1 aliphatic carbocycles. The van der Waals surface area contributed by atoms with Crippen molar-refractivity contribution in [3.05, 3.63) is 22.4 Å². The van der Waals surface area contributed by atoms with Gasteiger partial charge in [-0.25, -0.2) is 0 Å². The van der Waals surface area contributed by atoms with Crippen LogP contribution >= 0.6 is 11.3 Å². The van der Waals surface area contributed by atoms with Crippen LogP contribution in [0.25, 0.3) is 0 Å². The second-order valence-electron chi connectivity index (χ2n) is 5.94. The fourth-order valence-electron chi connectivity index (χ4n) is 2.15. The van der Waals surface area contributed by atoms with Crippen LogP contribution in [0.15, 0.2) is 17.5 Å². The molecule has 0 spiro atoms. The van der Waals surface area contributed by atoms with Gasteiger partial charge in [-0.1, -0.05) is 57.9 Å². The van der Waals surface area contributed by atoms with Gasteiger partial charge in [0.05, 0.1) is 0 Å². The third-order valence-corrected chi connectivity index (χ3v) is 5.01. The second kappa shape index (κ2) is 13.3. The Morgan fingerprint density at radius 3 is 2.00 bits per heavy atom. The third kappa shape index (κ3) is 13.3. The van der Waals surface area contributed by atoms with Gasteiger partial charge in [0.2, 0.25) is 0 Å². The van der Waals surface area contributed by atoms with Crippen LogP contribution in [0.4, 0.5) is 13.2 Å². The minimum Gasteiger partial charge on any atom is -0.299 e. The minimum atomic E-state index is -5.84. The zero-order chi connectivity index (χ0) is 20.1. The summed E-state index contributed by atoms with van der Waals surface area (Å²) >= 11 is 1.67. The number of carbonyl (C=O) groups is 1. The summed E-state index contributed by atoms with van der Waals surface area (Å²) in [4.78, 5) is 12.6. The Balaban J connectivity index is 0.000000407. The maximum Gasteiger partial charge on any atom is 0.522 e. The predicted molar refractivity (Wildman–Crippen MR) is 97.9 cm³/mol. The standard InChI is InChI=1S/C11H16OS.C5H10.CHF3O3S/c1-2-3-4-6-10(12)9-11-7-5-8-13-11;1-2-4-5-3-1;2-1(3,4)8(5,6)7/h5,7-8H,2-4,6,9H2,1H3;1-5H2;(H,5,6,7). The lowest BCUT2D eigenvalue weighted by Crippen LogP contribution is -2.21. The van der Waals surface area contributed by atoms with Crippen LogP contribution in [0, 0.1) is 0 Å². The van der Waals surface area contributed by atoms with E-state index in [1.807, 2.05) is 17.5 Å². The summed E-state index contributed by atoms with van der Waals surface area (Å²) < 4.78 is 57.5. The normalized spacial score (nSPS) is 14.0. The molecule has 1 saturated carbocycles. The summed E-state index contributed by atoms with van der Waals surface area (Å²) in [6, 6.07) is 4.03. The van der Waals surface area contributed by atoms with Gasteiger partial charge in [-0.3, -0.25) is 9.35 Å². The van der Waals surface area contributed by atoms with Crippen molar-refractivity contribution < 1.29 is 30.9 Å². The van der Waals surface area contributed by atoms with Gasteiger partial charge < -0.3 is 0 Å². The number of halogens is 3. The van der Waals surface area contributed by atoms with Gasteiger partial charge in [0, 0.05) is 17.7 Å². The van der Waals surface area contributed by atoms with Crippen LogP contribution in [0.5, 0.6) is 0 Å². The summed E-state index contributed by atoms with van der Waals surface area (Å²) in [5, 5.41) is 2.02. The Morgan fingerprint density at radius 1 is 1.15 bits per heavy atom. The molecule has 0 unspecified atom stereocenters. The van der Waals surface area contributed by atoms with E-state index in [1.54, 1.807) is 11.3 Å². The van der Waals surface area contributed by atoms with Gasteiger partial charge in [0.1, 0.15) is 5.78 Å². The van der Waals surface area contributed by atoms with E-state index in [0.717, 1.165) is 12.8 Å². The number of unbranched alkanes of at least 4 members (excludes halogenated alkanes) is 2. The highest BCUT2D eigenvalue weighted by Gasteiger charge is 2.44. The first-order valence-corrected chi connectivity index (χ1v) is 11.0. The largest absolute Gasteiger partial charge is 0.522 e. The molecule has 0 aliphatic heterocycles. The van der Waals surface area contributed by atoms with Crippen molar-refractivity contribution >= 4 is 27.2 Å². The van der Waals surface area contributed by atoms with Gasteiger partial charge in [-0.2, -0.15) is 21.6 Å². The van der Waals surface area contributed by atoms with Crippen molar-refractivity contribution in [3.63, 3.8) is 0 Å². The van der Waals surface area contributed by atoms with E-state index < -0.39 is 15.6 Å². The summed E-state index contributed by atoms with van der Waals surface area (Å²) in [6.07, 6.45) is 12.3. The summed E-state index contributed by atoms with van der Waals surface area (Å²) in [6.45, 7) is 2.16. The topological polar surface area (TPSA) is 71.4 Å². The summed E-state index contributed by atoms with van der Waals surface area (Å²) in [5.74, 6) is 0.385. The second-order valence-corrected chi connectivity index (χ2v) is 8.39. The molecule has 1 N–H and O–H groups in total. The predicted octanol–water partition coefficient (Wildman–Crippen LogP) is 5.78. The molecule has 1 aliphatic rings. The van der Waals surface area contributed by atoms with Crippen LogP contribution in [0.3, 0.4) is 0 Å². The van der Waals surface area contributed by atoms with Crippen LogP contribution in [-0.2, 0) is 21.3 Å². The average molecular weight is 417 g/mol. The molecule has 0 bridgehead atoms. The molecule has 0 aromatic carbocycles. The molecule has 0 atom stereocenters. The number of ketones is 1. The molecule has 2 rings (SSSR count). The first-order chi connectivity index (χ1) is 12.1. The zero-order valence-electron chi connectivity index (χ0n) is 14.9. The van der Waals surface area contributed by atoms with E-state index in [0.29, 0.717) is 12.2 Å². The average Bonchev–Trinajstić information content (AvgIpc) is 3.22. The minimum absolute atomic E-state index is 0.385. The number of Topliss-reactive ketones (excluding diaryl/α,β-unsaturated/α-hetero) is 1. The number of carbonyl (C=O) groups excluding carboxylic acids is 1. The van der Waals surface area contributed by atoms with Gasteiger partial charge in [0.15, 0.2) is 0 Å². The Bertz CT molecular complexity index is 570. The molecular weight excluding hydrogens is 389 g/mol. The van der Waals surface area contributed by atoms with Crippen LogP contribution in [0.1, 0.15) is 69.6 Å². The summed E-state index contributed by atoms with van der Waals surface area (Å²) in [5.41, 5.74) is -5.53. The molecule has 1 aromatic rings. The Kier molecular flexibility index (Phi) is 12.8. The van der Waals surface area contributed by atoms with E-state index >= 15 is 0 Å². The molecular formula is C17H27F3O4S2. The molecule has 0 radical (unpaired) electrons. The highest BCUT2D eigenvalue weighted by molar-refractivity contribution is 7.86. The monoisotopic (exact) mass is 416 g/mol. The fraction of sp³-hybridized carbons (Fsp3) is 0.706. The van der Waals surface area contributed by atoms with Crippen molar-refractivity contribution in [2.45, 2.75) is 76.6 Å². The lowest BCUT2D eigenvalue weighted by atomic mass is 10.1. The van der Waals surface area contributed by atoms with E-state index in [-0.39, 0.29) is 0 Å². The highest BCUT2D eigenvalue weighted by Crippen LogP contribution is 2.20. The lowest BCUT2D eigenvalue weighted by molar-refractivity contribution is -0.118. The van der Waals surface area contributed by atoms with E-state index in [9.17, 15) is 18.0 Å². The number of thiophene rings is 1. The molecule has 1 fully saturated rings. The van der Waals surface area contributed by atoms with Gasteiger partial charge in [-0.05, 0) is 17.9 Å². The molecule has 26 heavy (non-hydrogen) atoms. The Morgan fingerprint density at radius 2 is 1.65 bits per heavy atom. The van der Waals surface area contributed by atoms with Crippen molar-refractivity contribution in [2.75, 3.05) is 0 Å². The Labute approximate surface area is 157 Å². The Hall–Kier alpha value is -0.930. The smallest absolute Gasteiger partial charge is 0.299 e. The van der Waals surface area contributed by atoms with Crippen molar-refractivity contribution in [1.29, 1.82) is 0 Å². The molecule has 4 nitrogen and oxygen atoms in total. The molecule has 152 valence electrons. The SMILES string of the molecule is C1CCCC1.CCCCCC(=O)Cc1cccs1.O=S(=O)(O)C(F)(F)F. The summed E-state index contributed by atoms with van der Waals surface area (Å²) in [7, 11) is -5.84. The third-order valence-electron chi connectivity index (χ3n) is 3.55. The van der Waals surface area contributed by atoms with Crippen LogP contribution in [0.2, 0.25) is 0 Å². The number of hydrogen-bond acceptors (Lipinski definition) is 4. The first-order valence-electron chi connectivity index (χ1n) is 8.65. The lowest BCUT2D eigenvalue weighted by Gasteiger charge is -1.97. The number of hydrogen-bond donors (Lipinski definition) is 1. The van der Waals surface area contributed by atoms with Crippen molar-refractivity contribution in [3.8, 4) is 0 Å².